The highest BCUT2D eigenvalue weighted by Crippen LogP contribution is 2.31. The van der Waals surface area contributed by atoms with Gasteiger partial charge in [-0.25, -0.2) is 9.79 Å². The van der Waals surface area contributed by atoms with Crippen molar-refractivity contribution < 1.29 is 19.4 Å². The quantitative estimate of drug-likeness (QED) is 0.304. The van der Waals surface area contributed by atoms with Crippen LogP contribution in [0.4, 0.5) is 5.69 Å². The summed E-state index contributed by atoms with van der Waals surface area (Å²) < 4.78 is 7.76. The molecule has 0 aliphatic carbocycles. The second-order valence-corrected chi connectivity index (χ2v) is 11.1. The minimum atomic E-state index is -1.08. The number of halogens is 2. The molecular weight excluding hydrogens is 618 g/mol. The van der Waals surface area contributed by atoms with Crippen LogP contribution in [0.3, 0.4) is 0 Å². The van der Waals surface area contributed by atoms with Crippen LogP contribution in [0.5, 0.6) is 5.75 Å². The van der Waals surface area contributed by atoms with Crippen molar-refractivity contribution in [1.29, 1.82) is 0 Å². The van der Waals surface area contributed by atoms with E-state index in [0.717, 1.165) is 0 Å². The number of carbonyl (C=O) groups is 2. The molecule has 1 atom stereocenters. The van der Waals surface area contributed by atoms with E-state index in [2.05, 4.69) is 26.2 Å². The molecule has 2 heterocycles. The average molecular weight is 639 g/mol. The van der Waals surface area contributed by atoms with Crippen LogP contribution >= 0.6 is 38.9 Å². The van der Waals surface area contributed by atoms with E-state index in [1.54, 1.807) is 67.6 Å². The first kappa shape index (κ1) is 27.6. The second kappa shape index (κ2) is 11.6. The predicted molar refractivity (Wildman–Crippen MR) is 158 cm³/mol. The summed E-state index contributed by atoms with van der Waals surface area (Å²) in [5.74, 6) is -1.07. The number of rotatable bonds is 7. The number of hydrogen-bond donors (Lipinski definition) is 2. The van der Waals surface area contributed by atoms with Crippen molar-refractivity contribution in [3.8, 4) is 5.75 Å². The Labute approximate surface area is 245 Å². The first-order valence-electron chi connectivity index (χ1n) is 12.0. The van der Waals surface area contributed by atoms with Crippen molar-refractivity contribution in [2.45, 2.75) is 13.0 Å². The van der Waals surface area contributed by atoms with Gasteiger partial charge in [0.2, 0.25) is 0 Å². The molecule has 0 fully saturated rings. The number of thiazole rings is 1. The molecule has 5 rings (SSSR count). The maximum atomic E-state index is 13.8. The number of aromatic nitrogens is 1. The van der Waals surface area contributed by atoms with E-state index in [1.807, 2.05) is 18.2 Å². The number of ether oxygens (including phenoxy) is 1. The van der Waals surface area contributed by atoms with Crippen LogP contribution in [0.25, 0.3) is 6.08 Å². The monoisotopic (exact) mass is 637 g/mol. The lowest BCUT2D eigenvalue weighted by molar-refractivity contribution is -0.139. The van der Waals surface area contributed by atoms with Gasteiger partial charge < -0.3 is 15.2 Å². The van der Waals surface area contributed by atoms with Crippen molar-refractivity contribution in [1.82, 2.24) is 4.57 Å². The Morgan fingerprint density at radius 1 is 1.15 bits per heavy atom. The zero-order chi connectivity index (χ0) is 28.4. The van der Waals surface area contributed by atoms with E-state index in [-0.39, 0.29) is 11.5 Å². The van der Waals surface area contributed by atoms with Gasteiger partial charge in [-0.15, -0.1) is 0 Å². The van der Waals surface area contributed by atoms with Crippen LogP contribution in [0.15, 0.2) is 98.3 Å². The number of anilines is 1. The lowest BCUT2D eigenvalue weighted by atomic mass is 9.95. The Kier molecular flexibility index (Phi) is 8.02. The maximum absolute atomic E-state index is 13.8. The fourth-order valence-electron chi connectivity index (χ4n) is 4.31. The molecule has 0 radical (unpaired) electrons. The van der Waals surface area contributed by atoms with Gasteiger partial charge in [0.05, 0.1) is 26.3 Å². The third-order valence-electron chi connectivity index (χ3n) is 6.09. The van der Waals surface area contributed by atoms with Gasteiger partial charge in [0.1, 0.15) is 5.75 Å². The van der Waals surface area contributed by atoms with Gasteiger partial charge in [-0.2, -0.15) is 0 Å². The number of nitrogens with one attached hydrogen (secondary N) is 1. The van der Waals surface area contributed by atoms with E-state index >= 15 is 0 Å². The number of carboxylic acid groups (broad SMARTS) is 1. The van der Waals surface area contributed by atoms with Crippen molar-refractivity contribution in [2.75, 3.05) is 11.9 Å². The molecule has 0 saturated carbocycles. The molecule has 1 aliphatic rings. The molecule has 40 heavy (non-hydrogen) atoms. The number of fused-ring (bicyclic) bond motifs is 1. The first-order chi connectivity index (χ1) is 19.2. The molecule has 1 aromatic heterocycles. The lowest BCUT2D eigenvalue weighted by Gasteiger charge is -2.25. The number of carbonyl (C=O) groups excluding carboxylic acids is 1. The summed E-state index contributed by atoms with van der Waals surface area (Å²) in [7, 11) is 0. The van der Waals surface area contributed by atoms with Crippen LogP contribution in [0.1, 0.15) is 24.1 Å². The molecular formula is C29H21BrClN3O5S. The lowest BCUT2D eigenvalue weighted by Crippen LogP contribution is -2.40. The molecule has 0 bridgehead atoms. The molecule has 3 aromatic carbocycles. The van der Waals surface area contributed by atoms with Crippen LogP contribution < -0.4 is 24.9 Å². The van der Waals surface area contributed by atoms with Gasteiger partial charge in [-0.3, -0.25) is 14.2 Å². The average Bonchev–Trinajstić information content (AvgIpc) is 3.22. The molecule has 1 amide bonds. The van der Waals surface area contributed by atoms with E-state index < -0.39 is 18.6 Å². The van der Waals surface area contributed by atoms with Gasteiger partial charge >= 0.3 is 5.97 Å². The van der Waals surface area contributed by atoms with Crippen molar-refractivity contribution >= 4 is 62.5 Å². The Bertz CT molecular complexity index is 1830. The van der Waals surface area contributed by atoms with Crippen molar-refractivity contribution in [2.24, 2.45) is 4.99 Å². The van der Waals surface area contributed by atoms with Gasteiger partial charge in [-0.05, 0) is 76.5 Å². The zero-order valence-electron chi connectivity index (χ0n) is 20.9. The number of nitrogens with zero attached hydrogens (tertiary/aromatic N) is 2. The molecule has 4 aromatic rings. The minimum Gasteiger partial charge on any atom is -0.481 e. The number of hydrogen-bond acceptors (Lipinski definition) is 6. The van der Waals surface area contributed by atoms with Crippen molar-refractivity contribution in [3.05, 3.63) is 124 Å². The normalized spacial score (nSPS) is 14.9. The predicted octanol–water partition coefficient (Wildman–Crippen LogP) is 4.75. The Morgan fingerprint density at radius 2 is 1.88 bits per heavy atom. The van der Waals surface area contributed by atoms with Gasteiger partial charge in [0.15, 0.2) is 11.4 Å². The number of amides is 1. The van der Waals surface area contributed by atoms with Crippen LogP contribution in [0, 0.1) is 0 Å². The Balaban J connectivity index is 1.60. The number of allylic oxidation sites excluding steroid dienone is 1. The molecule has 8 nitrogen and oxygen atoms in total. The number of aliphatic carboxylic acids is 1. The fraction of sp³-hybridized carbons (Fsp3) is 0.103. The summed E-state index contributed by atoms with van der Waals surface area (Å²) in [5, 5.41) is 12.3. The summed E-state index contributed by atoms with van der Waals surface area (Å²) in [6.45, 7) is 1.29. The summed E-state index contributed by atoms with van der Waals surface area (Å²) in [6.07, 6.45) is 1.72. The second-order valence-electron chi connectivity index (χ2n) is 8.83. The van der Waals surface area contributed by atoms with Crippen molar-refractivity contribution in [3.63, 3.8) is 0 Å². The SMILES string of the molecule is CC1=C(C(=O)Nc2ccccc2)[C@H](c2ccc(Cl)cc2)n2c(s/c(=C/c3ccc(OCC(=O)O)c(Br)c3)c2=O)=N1. The van der Waals surface area contributed by atoms with Crippen LogP contribution in [0.2, 0.25) is 5.02 Å². The van der Waals surface area contributed by atoms with Crippen LogP contribution in [-0.4, -0.2) is 28.2 Å². The van der Waals surface area contributed by atoms with E-state index in [0.29, 0.717) is 52.7 Å². The topological polar surface area (TPSA) is 110 Å². The Hall–Kier alpha value is -3.99. The summed E-state index contributed by atoms with van der Waals surface area (Å²) >= 11 is 10.8. The highest BCUT2D eigenvalue weighted by molar-refractivity contribution is 9.10. The minimum absolute atomic E-state index is 0.302. The highest BCUT2D eigenvalue weighted by Gasteiger charge is 2.32. The Morgan fingerprint density at radius 3 is 2.55 bits per heavy atom. The molecule has 1 aliphatic heterocycles. The van der Waals surface area contributed by atoms with Gasteiger partial charge in [0.25, 0.3) is 11.5 Å². The van der Waals surface area contributed by atoms with E-state index in [9.17, 15) is 14.4 Å². The third kappa shape index (κ3) is 5.79. The van der Waals surface area contributed by atoms with E-state index in [1.165, 1.54) is 15.9 Å². The molecule has 2 N–H and O–H groups in total. The smallest absolute Gasteiger partial charge is 0.341 e. The molecule has 202 valence electrons. The first-order valence-corrected chi connectivity index (χ1v) is 14.0. The zero-order valence-corrected chi connectivity index (χ0v) is 24.1. The number of para-hydroxylation sites is 1. The van der Waals surface area contributed by atoms with E-state index in [4.69, 9.17) is 21.4 Å². The molecule has 0 unspecified atom stereocenters. The molecule has 11 heteroatoms. The summed E-state index contributed by atoms with van der Waals surface area (Å²) in [4.78, 5) is 43.4. The summed E-state index contributed by atoms with van der Waals surface area (Å²) in [5.41, 5.74) is 2.59. The fourth-order valence-corrected chi connectivity index (χ4v) is 5.99. The number of carboxylic acids is 1. The van der Waals surface area contributed by atoms with Gasteiger partial charge in [-0.1, -0.05) is 59.3 Å². The number of benzene rings is 3. The standard InChI is InChI=1S/C29H21BrClN3O5S/c1-16-25(27(37)33-20-5-3-2-4-6-20)26(18-8-10-19(31)11-9-18)34-28(38)23(40-29(34)32-16)14-17-7-12-22(21(30)13-17)39-15-24(35)36/h2-14,26H,15H2,1H3,(H,33,37)(H,35,36)/b23-14+/t26-/m0/s1. The summed E-state index contributed by atoms with van der Waals surface area (Å²) in [6, 6.07) is 20.5. The third-order valence-corrected chi connectivity index (χ3v) is 7.94. The van der Waals surface area contributed by atoms with Gasteiger partial charge in [0, 0.05) is 10.7 Å². The maximum Gasteiger partial charge on any atom is 0.341 e. The molecule has 0 saturated heterocycles. The van der Waals surface area contributed by atoms with Crippen LogP contribution in [-0.2, 0) is 9.59 Å². The molecule has 0 spiro atoms. The highest BCUT2D eigenvalue weighted by atomic mass is 79.9. The largest absolute Gasteiger partial charge is 0.481 e.